The number of rotatable bonds is 10. The van der Waals surface area contributed by atoms with Crippen molar-refractivity contribution in [2.24, 2.45) is 5.41 Å². The molecule has 1 aromatic rings. The fourth-order valence-electron chi connectivity index (χ4n) is 3.99. The maximum Gasteiger partial charge on any atom is 0.104 e. The molecule has 0 radical (unpaired) electrons. The van der Waals surface area contributed by atoms with E-state index in [2.05, 4.69) is 79.9 Å². The van der Waals surface area contributed by atoms with Crippen LogP contribution in [0.3, 0.4) is 0 Å². The van der Waals surface area contributed by atoms with Gasteiger partial charge in [-0.25, -0.2) is 0 Å². The molecule has 0 heterocycles. The zero-order valence-corrected chi connectivity index (χ0v) is 22.0. The van der Waals surface area contributed by atoms with Crippen LogP contribution < -0.4 is 0 Å². The lowest BCUT2D eigenvalue weighted by atomic mass is 9.80. The minimum absolute atomic E-state index is 0.0818. The topological polar surface area (TPSA) is 18.5 Å². The van der Waals surface area contributed by atoms with Gasteiger partial charge in [0.2, 0.25) is 0 Å². The zero-order valence-electron chi connectivity index (χ0n) is 22.0. The summed E-state index contributed by atoms with van der Waals surface area (Å²) in [6, 6.07) is 8.87. The molecule has 0 spiro atoms. The Morgan fingerprint density at radius 2 is 1.31 bits per heavy atom. The Kier molecular flexibility index (Phi) is 14.8. The van der Waals surface area contributed by atoms with Crippen LogP contribution in [0.4, 0.5) is 0 Å². The van der Waals surface area contributed by atoms with Gasteiger partial charge in [-0.1, -0.05) is 65.8 Å². The van der Waals surface area contributed by atoms with Crippen molar-refractivity contribution in [1.82, 2.24) is 0 Å². The summed E-state index contributed by atoms with van der Waals surface area (Å²) in [5.41, 5.74) is 2.75. The third kappa shape index (κ3) is 14.7. The second-order valence-corrected chi connectivity index (χ2v) is 9.73. The van der Waals surface area contributed by atoms with Gasteiger partial charge < -0.3 is 14.0 Å². The van der Waals surface area contributed by atoms with Crippen molar-refractivity contribution in [3.8, 4) is 0 Å². The predicted octanol–water partition coefficient (Wildman–Crippen LogP) is 7.08. The Labute approximate surface area is 183 Å². The van der Waals surface area contributed by atoms with E-state index in [0.29, 0.717) is 6.61 Å². The van der Waals surface area contributed by atoms with E-state index in [1.165, 1.54) is 11.1 Å². The summed E-state index contributed by atoms with van der Waals surface area (Å²) >= 11 is 0. The molecule has 0 unspecified atom stereocenters. The van der Waals surface area contributed by atoms with E-state index in [1.54, 1.807) is 7.11 Å². The maximum absolute atomic E-state index is 5.68. The van der Waals surface area contributed by atoms with Crippen molar-refractivity contribution >= 4 is 0 Å². The van der Waals surface area contributed by atoms with Gasteiger partial charge in [0.05, 0.1) is 39.0 Å². The summed E-state index contributed by atoms with van der Waals surface area (Å²) in [6.07, 6.45) is 1.32. The number of nitrogens with zero attached hydrogens (tertiary/aromatic N) is 1. The molecule has 0 fully saturated rings. The van der Waals surface area contributed by atoms with Crippen LogP contribution in [0.25, 0.3) is 0 Å². The lowest BCUT2D eigenvalue weighted by Gasteiger charge is -2.40. The Hall–Kier alpha value is -0.900. The van der Waals surface area contributed by atoms with Gasteiger partial charge in [-0.3, -0.25) is 0 Å². The van der Waals surface area contributed by atoms with E-state index in [9.17, 15) is 0 Å². The summed E-state index contributed by atoms with van der Waals surface area (Å²) in [6.45, 7) is 24.0. The highest BCUT2D eigenvalue weighted by atomic mass is 16.5. The van der Waals surface area contributed by atoms with E-state index in [1.807, 2.05) is 27.7 Å². The molecule has 0 aliphatic carbocycles. The number of ether oxygens (including phenoxy) is 2. The first-order valence-corrected chi connectivity index (χ1v) is 11.4. The average Bonchev–Trinajstić information content (AvgIpc) is 2.62. The molecule has 29 heavy (non-hydrogen) atoms. The van der Waals surface area contributed by atoms with Crippen LogP contribution in [0.15, 0.2) is 24.3 Å². The van der Waals surface area contributed by atoms with Gasteiger partial charge in [0, 0.05) is 18.1 Å². The van der Waals surface area contributed by atoms with Crippen molar-refractivity contribution < 1.29 is 14.0 Å². The van der Waals surface area contributed by atoms with Gasteiger partial charge in [0.15, 0.2) is 0 Å². The molecule has 0 saturated heterocycles. The van der Waals surface area contributed by atoms with Crippen LogP contribution >= 0.6 is 0 Å². The van der Waals surface area contributed by atoms with E-state index < -0.39 is 0 Å². The Balaban J connectivity index is 0. The van der Waals surface area contributed by atoms with E-state index in [4.69, 9.17) is 9.47 Å². The van der Waals surface area contributed by atoms with Crippen molar-refractivity contribution in [3.63, 3.8) is 0 Å². The van der Waals surface area contributed by atoms with Crippen LogP contribution in [0.2, 0.25) is 0 Å². The quantitative estimate of drug-likeness (QED) is 0.384. The van der Waals surface area contributed by atoms with Gasteiger partial charge in [0.1, 0.15) is 6.54 Å². The smallest absolute Gasteiger partial charge is 0.104 e. The van der Waals surface area contributed by atoms with Gasteiger partial charge in [0.25, 0.3) is 0 Å². The Bertz CT molecular complexity index is 516. The molecule has 3 nitrogen and oxygen atoms in total. The molecule has 1 rings (SSSR count). The molecule has 0 N–H and O–H groups in total. The van der Waals surface area contributed by atoms with Crippen LogP contribution in [-0.4, -0.2) is 43.9 Å². The summed E-state index contributed by atoms with van der Waals surface area (Å²) in [4.78, 5) is 0. The van der Waals surface area contributed by atoms with Gasteiger partial charge in [-0.15, -0.1) is 0 Å². The largest absolute Gasteiger partial charge is 0.379 e. The Morgan fingerprint density at radius 3 is 1.72 bits per heavy atom. The number of hydrogen-bond donors (Lipinski definition) is 0. The minimum Gasteiger partial charge on any atom is -0.379 e. The molecule has 0 aliphatic rings. The van der Waals surface area contributed by atoms with Crippen LogP contribution in [0.1, 0.15) is 86.8 Å². The SMILES string of the molecule is CC.CC.COC(C)(C)CC(C)(C)C[N+](C)(C)Cc1ccc(COC(C)C)cc1. The molecule has 0 aromatic heterocycles. The first-order valence-electron chi connectivity index (χ1n) is 11.4. The molecule has 172 valence electrons. The number of quaternary nitrogens is 1. The Morgan fingerprint density at radius 1 is 0.862 bits per heavy atom. The van der Waals surface area contributed by atoms with Crippen LogP contribution in [-0.2, 0) is 22.6 Å². The first kappa shape index (κ1) is 30.3. The zero-order chi connectivity index (χ0) is 23.3. The average molecular weight is 411 g/mol. The third-order valence-corrected chi connectivity index (χ3v) is 4.53. The fraction of sp³-hybridized carbons (Fsp3) is 0.769. The lowest BCUT2D eigenvalue weighted by molar-refractivity contribution is -0.909. The van der Waals surface area contributed by atoms with Crippen LogP contribution in [0, 0.1) is 5.41 Å². The molecule has 0 amide bonds. The summed E-state index contributed by atoms with van der Waals surface area (Å²) in [5.74, 6) is 0. The molecule has 3 heteroatoms. The molecule has 0 bridgehead atoms. The van der Waals surface area contributed by atoms with Gasteiger partial charge >= 0.3 is 0 Å². The standard InChI is InChI=1S/C22H40NO2.2C2H6/c1-18(2)25-15-20-12-10-19(11-13-20)14-23(7,8)17-21(3,4)16-22(5,6)24-9;2*1-2/h10-13,18H,14-17H2,1-9H3;2*1-2H3/q+1;;. The van der Waals surface area contributed by atoms with E-state index in [0.717, 1.165) is 24.0 Å². The molecule has 0 atom stereocenters. The van der Waals surface area contributed by atoms with Crippen molar-refractivity contribution in [2.45, 2.75) is 101 Å². The monoisotopic (exact) mass is 410 g/mol. The predicted molar refractivity (Wildman–Crippen MR) is 129 cm³/mol. The summed E-state index contributed by atoms with van der Waals surface area (Å²) in [5, 5.41) is 0. The molecule has 0 saturated carbocycles. The van der Waals surface area contributed by atoms with Crippen LogP contribution in [0.5, 0.6) is 0 Å². The minimum atomic E-state index is -0.0818. The number of hydrogen-bond acceptors (Lipinski definition) is 2. The van der Waals surface area contributed by atoms with Crippen molar-refractivity contribution in [1.29, 1.82) is 0 Å². The number of methoxy groups -OCH3 is 1. The highest BCUT2D eigenvalue weighted by Crippen LogP contribution is 2.32. The second kappa shape index (κ2) is 14.2. The maximum atomic E-state index is 5.68. The third-order valence-electron chi connectivity index (χ3n) is 4.53. The normalized spacial score (nSPS) is 12.1. The van der Waals surface area contributed by atoms with Crippen molar-refractivity contribution in [3.05, 3.63) is 35.4 Å². The van der Waals surface area contributed by atoms with E-state index >= 15 is 0 Å². The molecular weight excluding hydrogens is 358 g/mol. The van der Waals surface area contributed by atoms with Gasteiger partial charge in [-0.2, -0.15) is 0 Å². The highest BCUT2D eigenvalue weighted by Gasteiger charge is 2.34. The molecular formula is C26H52NO2+. The fourth-order valence-corrected chi connectivity index (χ4v) is 3.99. The highest BCUT2D eigenvalue weighted by molar-refractivity contribution is 5.21. The summed E-state index contributed by atoms with van der Waals surface area (Å²) in [7, 11) is 6.44. The van der Waals surface area contributed by atoms with Crippen molar-refractivity contribution in [2.75, 3.05) is 27.7 Å². The first-order chi connectivity index (χ1) is 13.3. The lowest BCUT2D eigenvalue weighted by Crippen LogP contribution is -2.47. The summed E-state index contributed by atoms with van der Waals surface area (Å²) < 4.78 is 12.3. The number of benzene rings is 1. The molecule has 0 aliphatic heterocycles. The molecule has 1 aromatic carbocycles. The van der Waals surface area contributed by atoms with E-state index in [-0.39, 0.29) is 17.1 Å². The second-order valence-electron chi connectivity index (χ2n) is 9.73. The van der Waals surface area contributed by atoms with Gasteiger partial charge in [-0.05, 0) is 39.7 Å².